The lowest BCUT2D eigenvalue weighted by atomic mass is 10.1. The molecular weight excluding hydrogens is 220 g/mol. The lowest BCUT2D eigenvalue weighted by molar-refractivity contribution is -0.138. The minimum absolute atomic E-state index is 0.221. The molecule has 0 bridgehead atoms. The molecule has 0 saturated heterocycles. The van der Waals surface area contributed by atoms with E-state index in [1.807, 2.05) is 0 Å². The molecule has 0 aliphatic rings. The second-order valence-corrected chi connectivity index (χ2v) is 4.03. The van der Waals surface area contributed by atoms with Gasteiger partial charge in [-0.1, -0.05) is 38.7 Å². The molecule has 0 saturated carbocycles. The zero-order valence-corrected chi connectivity index (χ0v) is 10.3. The number of carbonyl (C=O) groups is 2. The summed E-state index contributed by atoms with van der Waals surface area (Å²) in [7, 11) is 0. The summed E-state index contributed by atoms with van der Waals surface area (Å²) in [5, 5.41) is 8.43. The van der Waals surface area contributed by atoms with E-state index < -0.39 is 5.97 Å². The molecule has 4 heteroatoms. The summed E-state index contributed by atoms with van der Waals surface area (Å²) in [6, 6.07) is 0. The minimum atomic E-state index is -0.717. The Balaban J connectivity index is 3.10. The fraction of sp³-hybridized carbons (Fsp3) is 0.692. The van der Waals surface area contributed by atoms with Crippen LogP contribution in [-0.4, -0.2) is 17.0 Å². The van der Waals surface area contributed by atoms with Crippen molar-refractivity contribution in [1.82, 2.24) is 0 Å². The van der Waals surface area contributed by atoms with Crippen LogP contribution < -0.4 is 0 Å². The Morgan fingerprint density at radius 2 is 1.41 bits per heavy atom. The van der Waals surface area contributed by atoms with E-state index in [-0.39, 0.29) is 12.4 Å². The number of esters is 1. The minimum Gasteiger partial charge on any atom is -0.481 e. The van der Waals surface area contributed by atoms with Crippen molar-refractivity contribution in [1.29, 1.82) is 0 Å². The molecule has 0 radical (unpaired) electrons. The summed E-state index contributed by atoms with van der Waals surface area (Å²) >= 11 is 0. The summed E-state index contributed by atoms with van der Waals surface area (Å²) in [6.07, 6.45) is 8.76. The number of aliphatic carboxylic acids is 1. The summed E-state index contributed by atoms with van der Waals surface area (Å²) in [5.74, 6) is -0.938. The maximum atomic E-state index is 10.9. The van der Waals surface area contributed by atoms with E-state index in [2.05, 4.69) is 11.3 Å². The Morgan fingerprint density at radius 1 is 0.941 bits per heavy atom. The molecule has 0 rings (SSSR count). The lowest BCUT2D eigenvalue weighted by Crippen LogP contribution is -1.98. The van der Waals surface area contributed by atoms with Crippen molar-refractivity contribution in [2.45, 2.75) is 57.8 Å². The number of hydrogen-bond acceptors (Lipinski definition) is 3. The number of carbonyl (C=O) groups excluding carboxylic acids is 1. The van der Waals surface area contributed by atoms with Crippen LogP contribution in [0.4, 0.5) is 0 Å². The van der Waals surface area contributed by atoms with Gasteiger partial charge >= 0.3 is 11.9 Å². The van der Waals surface area contributed by atoms with Gasteiger partial charge in [0, 0.05) is 12.8 Å². The van der Waals surface area contributed by atoms with E-state index in [9.17, 15) is 9.59 Å². The average molecular weight is 242 g/mol. The van der Waals surface area contributed by atoms with E-state index in [0.29, 0.717) is 6.42 Å². The van der Waals surface area contributed by atoms with Crippen LogP contribution >= 0.6 is 0 Å². The number of rotatable bonds is 11. The zero-order valence-electron chi connectivity index (χ0n) is 10.3. The average Bonchev–Trinajstić information content (AvgIpc) is 2.27. The van der Waals surface area contributed by atoms with Crippen LogP contribution in [0.2, 0.25) is 0 Å². The van der Waals surface area contributed by atoms with Crippen molar-refractivity contribution in [2.75, 3.05) is 0 Å². The Bertz CT molecular complexity index is 236. The molecule has 17 heavy (non-hydrogen) atoms. The number of unbranched alkanes of at least 4 members (excludes halogenated alkanes) is 6. The highest BCUT2D eigenvalue weighted by Crippen LogP contribution is 2.10. The molecule has 0 fully saturated rings. The third kappa shape index (κ3) is 12.6. The predicted octanol–water partition coefficient (Wildman–Crippen LogP) is 3.27. The molecule has 0 aliphatic heterocycles. The molecule has 0 spiro atoms. The summed E-state index contributed by atoms with van der Waals surface area (Å²) < 4.78 is 4.59. The summed E-state index contributed by atoms with van der Waals surface area (Å²) in [6.45, 7) is 3.31. The van der Waals surface area contributed by atoms with Crippen LogP contribution in [0.3, 0.4) is 0 Å². The Kier molecular flexibility index (Phi) is 10.3. The Hall–Kier alpha value is -1.32. The highest BCUT2D eigenvalue weighted by Gasteiger charge is 2.00. The van der Waals surface area contributed by atoms with Gasteiger partial charge in [-0.15, -0.1) is 0 Å². The molecule has 1 N–H and O–H groups in total. The van der Waals surface area contributed by atoms with Crippen LogP contribution in [0.15, 0.2) is 12.8 Å². The van der Waals surface area contributed by atoms with Crippen LogP contribution in [0, 0.1) is 0 Å². The first-order valence-corrected chi connectivity index (χ1v) is 6.19. The van der Waals surface area contributed by atoms with Gasteiger partial charge in [-0.05, 0) is 12.8 Å². The molecule has 0 aromatic rings. The quantitative estimate of drug-likeness (QED) is 0.343. The first-order chi connectivity index (χ1) is 8.16. The van der Waals surface area contributed by atoms with Crippen molar-refractivity contribution in [2.24, 2.45) is 0 Å². The van der Waals surface area contributed by atoms with Crippen LogP contribution in [0.1, 0.15) is 57.8 Å². The second kappa shape index (κ2) is 11.2. The fourth-order valence-electron chi connectivity index (χ4n) is 1.58. The predicted molar refractivity (Wildman–Crippen MR) is 65.5 cm³/mol. The van der Waals surface area contributed by atoms with Crippen molar-refractivity contribution >= 4 is 11.9 Å². The van der Waals surface area contributed by atoms with E-state index in [1.54, 1.807) is 0 Å². The molecule has 0 heterocycles. The van der Waals surface area contributed by atoms with Crippen LogP contribution in [0.25, 0.3) is 0 Å². The molecule has 0 amide bonds. The number of ether oxygens (including phenoxy) is 1. The maximum absolute atomic E-state index is 10.9. The van der Waals surface area contributed by atoms with Gasteiger partial charge in [0.05, 0.1) is 6.26 Å². The van der Waals surface area contributed by atoms with Crippen molar-refractivity contribution in [3.63, 3.8) is 0 Å². The third-order valence-electron chi connectivity index (χ3n) is 2.49. The van der Waals surface area contributed by atoms with Crippen LogP contribution in [-0.2, 0) is 14.3 Å². The van der Waals surface area contributed by atoms with Crippen molar-refractivity contribution in [3.05, 3.63) is 12.8 Å². The molecule has 0 aromatic heterocycles. The van der Waals surface area contributed by atoms with E-state index >= 15 is 0 Å². The molecule has 0 unspecified atom stereocenters. The summed E-state index contributed by atoms with van der Waals surface area (Å²) in [5.41, 5.74) is 0. The van der Waals surface area contributed by atoms with Gasteiger partial charge in [0.1, 0.15) is 0 Å². The van der Waals surface area contributed by atoms with E-state index in [0.717, 1.165) is 51.2 Å². The Labute approximate surface area is 103 Å². The van der Waals surface area contributed by atoms with Gasteiger partial charge in [-0.3, -0.25) is 9.59 Å². The number of carboxylic acid groups (broad SMARTS) is 1. The fourth-order valence-corrected chi connectivity index (χ4v) is 1.58. The molecule has 0 atom stereocenters. The maximum Gasteiger partial charge on any atom is 0.310 e. The van der Waals surface area contributed by atoms with Crippen molar-refractivity contribution < 1.29 is 19.4 Å². The van der Waals surface area contributed by atoms with Gasteiger partial charge in [0.25, 0.3) is 0 Å². The van der Waals surface area contributed by atoms with Gasteiger partial charge in [-0.2, -0.15) is 0 Å². The molecule has 98 valence electrons. The smallest absolute Gasteiger partial charge is 0.310 e. The first kappa shape index (κ1) is 15.7. The number of hydrogen-bond donors (Lipinski definition) is 1. The highest BCUT2D eigenvalue weighted by molar-refractivity contribution is 5.69. The molecular formula is C13H22O4. The topological polar surface area (TPSA) is 63.6 Å². The standard InChI is InChI=1S/C13H22O4/c1-2-17-13(16)11-9-7-5-3-4-6-8-10-12(14)15/h2H,1,3-11H2,(H,14,15). The van der Waals surface area contributed by atoms with E-state index in [4.69, 9.17) is 5.11 Å². The zero-order chi connectivity index (χ0) is 12.9. The van der Waals surface area contributed by atoms with E-state index in [1.165, 1.54) is 0 Å². The molecule has 0 aliphatic carbocycles. The largest absolute Gasteiger partial charge is 0.481 e. The third-order valence-corrected chi connectivity index (χ3v) is 2.49. The van der Waals surface area contributed by atoms with Gasteiger partial charge in [-0.25, -0.2) is 0 Å². The van der Waals surface area contributed by atoms with Crippen LogP contribution in [0.5, 0.6) is 0 Å². The lowest BCUT2D eigenvalue weighted by Gasteiger charge is -2.01. The highest BCUT2D eigenvalue weighted by atomic mass is 16.5. The number of carboxylic acids is 1. The summed E-state index contributed by atoms with van der Waals surface area (Å²) in [4.78, 5) is 21.2. The molecule has 0 aromatic carbocycles. The van der Waals surface area contributed by atoms with Gasteiger partial charge in [0.15, 0.2) is 0 Å². The SMILES string of the molecule is C=COC(=O)CCCCCCCCCC(=O)O. The van der Waals surface area contributed by atoms with Gasteiger partial charge < -0.3 is 9.84 Å². The van der Waals surface area contributed by atoms with Crippen molar-refractivity contribution in [3.8, 4) is 0 Å². The van der Waals surface area contributed by atoms with Gasteiger partial charge in [0.2, 0.25) is 0 Å². The Morgan fingerprint density at radius 3 is 1.88 bits per heavy atom. The normalized spacial score (nSPS) is 9.88. The molecule has 4 nitrogen and oxygen atoms in total. The first-order valence-electron chi connectivity index (χ1n) is 6.19. The monoisotopic (exact) mass is 242 g/mol. The second-order valence-electron chi connectivity index (χ2n) is 4.03.